The van der Waals surface area contributed by atoms with Crippen molar-refractivity contribution in [3.8, 4) is 0 Å². The molecule has 26 heavy (non-hydrogen) atoms. The van der Waals surface area contributed by atoms with E-state index in [1.54, 1.807) is 0 Å². The van der Waals surface area contributed by atoms with Crippen LogP contribution in [0.1, 0.15) is 18.4 Å². The van der Waals surface area contributed by atoms with Gasteiger partial charge in [0.15, 0.2) is 11.6 Å². The summed E-state index contributed by atoms with van der Waals surface area (Å²) < 4.78 is 7.27. The van der Waals surface area contributed by atoms with Crippen molar-refractivity contribution < 1.29 is 4.74 Å². The van der Waals surface area contributed by atoms with E-state index < -0.39 is 0 Å². The van der Waals surface area contributed by atoms with Crippen molar-refractivity contribution in [1.29, 1.82) is 5.41 Å². The van der Waals surface area contributed by atoms with Gasteiger partial charge in [-0.25, -0.2) is 9.50 Å². The zero-order chi connectivity index (χ0) is 19.1. The zero-order valence-electron chi connectivity index (χ0n) is 15.3. The summed E-state index contributed by atoms with van der Waals surface area (Å²) in [6.07, 6.45) is 2.67. The van der Waals surface area contributed by atoms with Gasteiger partial charge in [0, 0.05) is 25.5 Å². The Bertz CT molecular complexity index is 831. The van der Waals surface area contributed by atoms with Crippen LogP contribution in [-0.2, 0) is 4.74 Å². The largest absolute Gasteiger partial charge is 0.378 e. The molecule has 2 aromatic rings. The van der Waals surface area contributed by atoms with Crippen LogP contribution in [0.4, 0.5) is 5.82 Å². The van der Waals surface area contributed by atoms with Crippen LogP contribution < -0.4 is 10.6 Å². The quantitative estimate of drug-likeness (QED) is 0.797. The third-order valence-corrected chi connectivity index (χ3v) is 3.88. The zero-order valence-corrected chi connectivity index (χ0v) is 15.3. The smallest absolute Gasteiger partial charge is 0.185 e. The third-order valence-electron chi connectivity index (χ3n) is 3.88. The molecule has 1 fully saturated rings. The lowest BCUT2D eigenvalue weighted by molar-refractivity contribution is 0.122. The van der Waals surface area contributed by atoms with E-state index in [0.717, 1.165) is 35.7 Å². The number of anilines is 1. The molecule has 1 aliphatic heterocycles. The van der Waals surface area contributed by atoms with Gasteiger partial charge in [0.1, 0.15) is 5.52 Å². The fourth-order valence-electron chi connectivity index (χ4n) is 2.69. The second kappa shape index (κ2) is 9.02. The summed E-state index contributed by atoms with van der Waals surface area (Å²) >= 11 is 0. The summed E-state index contributed by atoms with van der Waals surface area (Å²) in [7, 11) is 1.50. The number of nitrogens with one attached hydrogen (secondary N) is 1. The van der Waals surface area contributed by atoms with Crippen molar-refractivity contribution in [2.75, 3.05) is 38.3 Å². The number of aliphatic imine (C=N–C) groups is 1. The first-order chi connectivity index (χ1) is 12.7. The van der Waals surface area contributed by atoms with Gasteiger partial charge in [-0.2, -0.15) is 0 Å². The summed E-state index contributed by atoms with van der Waals surface area (Å²) in [6.45, 7) is 12.3. The van der Waals surface area contributed by atoms with Crippen LogP contribution in [0.5, 0.6) is 0 Å². The van der Waals surface area contributed by atoms with Gasteiger partial charge in [0.05, 0.1) is 24.5 Å². The van der Waals surface area contributed by atoms with Crippen molar-refractivity contribution >= 4 is 35.4 Å². The molecule has 1 aliphatic rings. The average Bonchev–Trinajstić information content (AvgIpc) is 3.12. The van der Waals surface area contributed by atoms with Gasteiger partial charge in [-0.1, -0.05) is 6.58 Å². The Morgan fingerprint density at radius 1 is 1.35 bits per heavy atom. The van der Waals surface area contributed by atoms with E-state index in [4.69, 9.17) is 10.1 Å². The van der Waals surface area contributed by atoms with E-state index in [1.165, 1.54) is 19.5 Å². The first-order valence-corrected chi connectivity index (χ1v) is 8.28. The summed E-state index contributed by atoms with van der Waals surface area (Å²) in [4.78, 5) is 10.6. The molecule has 0 saturated carbocycles. The van der Waals surface area contributed by atoms with Crippen LogP contribution in [0.2, 0.25) is 0 Å². The molecule has 1 saturated heterocycles. The lowest BCUT2D eigenvalue weighted by atomic mass is 10.2. The number of hydrogen-bond donors (Lipinski definition) is 2. The third kappa shape index (κ3) is 3.87. The highest BCUT2D eigenvalue weighted by molar-refractivity contribution is 6.06. The maximum Gasteiger partial charge on any atom is 0.185 e. The molecular weight excluding hydrogens is 330 g/mol. The Morgan fingerprint density at radius 2 is 2.04 bits per heavy atom. The number of aromatic nitrogens is 3. The van der Waals surface area contributed by atoms with E-state index in [0.29, 0.717) is 24.6 Å². The number of fused-ring (bicyclic) bond motifs is 1. The number of hydrogen-bond acceptors (Lipinski definition) is 7. The highest BCUT2D eigenvalue weighted by Gasteiger charge is 2.20. The van der Waals surface area contributed by atoms with E-state index in [9.17, 15) is 0 Å². The Labute approximate surface area is 153 Å². The number of nitrogens with two attached hydrogens (primary N) is 1. The standard InChI is InChI=1S/C17H20N6O.CH5N/c1-12(2)14-4-5-15-17(22-6-8-24-9-7-22)20-16(21-23(14)15)13(10-18)11-19-3;1-2/h4-5,10-11,18H,1,3,6-9H2,2H3;2H2,1H3/b13-11+,18-10?;. The predicted molar refractivity (Wildman–Crippen MR) is 107 cm³/mol. The molecule has 0 spiro atoms. The molecule has 2 aromatic heterocycles. The summed E-state index contributed by atoms with van der Waals surface area (Å²) in [5, 5.41) is 12.2. The Hall–Kier alpha value is -2.84. The molecule has 3 N–H and O–H groups in total. The van der Waals surface area contributed by atoms with Crippen LogP contribution in [0.25, 0.3) is 16.7 Å². The molecule has 8 nitrogen and oxygen atoms in total. The predicted octanol–water partition coefficient (Wildman–Crippen LogP) is 1.86. The van der Waals surface area contributed by atoms with E-state index >= 15 is 0 Å². The minimum Gasteiger partial charge on any atom is -0.378 e. The summed E-state index contributed by atoms with van der Waals surface area (Å²) in [5.74, 6) is 1.26. The van der Waals surface area contributed by atoms with Crippen LogP contribution in [-0.4, -0.2) is 60.9 Å². The molecule has 3 heterocycles. The maximum atomic E-state index is 7.60. The van der Waals surface area contributed by atoms with Crippen molar-refractivity contribution in [3.63, 3.8) is 0 Å². The van der Waals surface area contributed by atoms with Gasteiger partial charge in [0.25, 0.3) is 0 Å². The normalized spacial score (nSPS) is 14.6. The first-order valence-electron chi connectivity index (χ1n) is 8.28. The molecule has 0 radical (unpaired) electrons. The number of allylic oxidation sites excluding steroid dienone is 2. The van der Waals surface area contributed by atoms with Gasteiger partial charge >= 0.3 is 0 Å². The SMILES string of the molecule is C=N/C=C(\C=N)c1nc(N2CCOCC2)c2ccc(C(=C)C)n2n1.CN. The topological polar surface area (TPSA) is 105 Å². The molecule has 138 valence electrons. The number of rotatable bonds is 5. The monoisotopic (exact) mass is 355 g/mol. The minimum atomic E-state index is 0.435. The van der Waals surface area contributed by atoms with Gasteiger partial charge < -0.3 is 20.8 Å². The van der Waals surface area contributed by atoms with Crippen molar-refractivity contribution in [1.82, 2.24) is 14.6 Å². The number of ether oxygens (including phenoxy) is 1. The first kappa shape index (κ1) is 19.5. The molecule has 0 bridgehead atoms. The van der Waals surface area contributed by atoms with E-state index in [2.05, 4.69) is 39.0 Å². The van der Waals surface area contributed by atoms with Crippen LogP contribution in [0, 0.1) is 5.41 Å². The van der Waals surface area contributed by atoms with Gasteiger partial charge in [-0.3, -0.25) is 4.99 Å². The second-order valence-electron chi connectivity index (χ2n) is 5.57. The van der Waals surface area contributed by atoms with Gasteiger partial charge in [0.2, 0.25) is 0 Å². The molecule has 0 aromatic carbocycles. The van der Waals surface area contributed by atoms with Crippen molar-refractivity contribution in [2.45, 2.75) is 6.92 Å². The summed E-state index contributed by atoms with van der Waals surface area (Å²) in [5.41, 5.74) is 7.74. The van der Waals surface area contributed by atoms with E-state index in [1.807, 2.05) is 23.6 Å². The van der Waals surface area contributed by atoms with Crippen molar-refractivity contribution in [2.24, 2.45) is 10.7 Å². The van der Waals surface area contributed by atoms with E-state index in [-0.39, 0.29) is 0 Å². The van der Waals surface area contributed by atoms with Crippen molar-refractivity contribution in [3.05, 3.63) is 36.4 Å². The molecule has 3 rings (SSSR count). The second-order valence-corrected chi connectivity index (χ2v) is 5.57. The molecule has 8 heteroatoms. The van der Waals surface area contributed by atoms with Crippen LogP contribution in [0.15, 0.2) is 29.9 Å². The van der Waals surface area contributed by atoms with Crippen LogP contribution >= 0.6 is 0 Å². The fraction of sp³-hybridized carbons (Fsp3) is 0.333. The van der Waals surface area contributed by atoms with Crippen LogP contribution in [0.3, 0.4) is 0 Å². The molecule has 0 unspecified atom stereocenters. The highest BCUT2D eigenvalue weighted by Crippen LogP contribution is 2.26. The Morgan fingerprint density at radius 3 is 2.62 bits per heavy atom. The lowest BCUT2D eigenvalue weighted by Crippen LogP contribution is -2.37. The molecule has 0 atom stereocenters. The maximum absolute atomic E-state index is 7.60. The van der Waals surface area contributed by atoms with Gasteiger partial charge in [-0.05, 0) is 38.4 Å². The summed E-state index contributed by atoms with van der Waals surface area (Å²) in [6, 6.07) is 3.98. The molecular formula is C18H25N7O. The Kier molecular flexibility index (Phi) is 6.76. The fourth-order valence-corrected chi connectivity index (χ4v) is 2.69. The minimum absolute atomic E-state index is 0.435. The molecule has 0 aliphatic carbocycles. The number of nitrogens with zero attached hydrogens (tertiary/aromatic N) is 5. The average molecular weight is 355 g/mol. The Balaban J connectivity index is 0.00000117. The highest BCUT2D eigenvalue weighted by atomic mass is 16.5. The van der Waals surface area contributed by atoms with Gasteiger partial charge in [-0.15, -0.1) is 5.10 Å². The molecule has 0 amide bonds. The lowest BCUT2D eigenvalue weighted by Gasteiger charge is -2.28. The number of morpholine rings is 1.